The Labute approximate surface area is 238 Å². The predicted molar refractivity (Wildman–Crippen MR) is 146 cm³/mol. The zero-order chi connectivity index (χ0) is 26.4. The van der Waals surface area contributed by atoms with Gasteiger partial charge in [0.05, 0.1) is 13.7 Å². The minimum atomic E-state index is -0.442. The van der Waals surface area contributed by atoms with Crippen LogP contribution in [0.1, 0.15) is 99.0 Å². The minimum Gasteiger partial charge on any atom is -0.540 e. The number of benzene rings is 1. The maximum Gasteiger partial charge on any atom is 0.120 e. The van der Waals surface area contributed by atoms with E-state index in [0.29, 0.717) is 36.1 Å². The minimum absolute atomic E-state index is 0. The van der Waals surface area contributed by atoms with Crippen LogP contribution in [-0.4, -0.2) is 36.8 Å². The van der Waals surface area contributed by atoms with Crippen molar-refractivity contribution in [3.63, 3.8) is 0 Å². The normalized spacial score (nSPS) is 12.8. The summed E-state index contributed by atoms with van der Waals surface area (Å²) in [6.07, 6.45) is 11.0. The maximum atomic E-state index is 13.9. The molecule has 35 heavy (non-hydrogen) atoms. The first kappa shape index (κ1) is 38.4. The molecular formula is C28H49FN3O2U-. The summed E-state index contributed by atoms with van der Waals surface area (Å²) < 4.78 is 18.9. The van der Waals surface area contributed by atoms with Gasteiger partial charge in [-0.25, -0.2) is 4.99 Å². The van der Waals surface area contributed by atoms with Gasteiger partial charge in [-0.15, -0.1) is 12.1 Å². The predicted octanol–water partition coefficient (Wildman–Crippen LogP) is 7.12. The first-order valence-corrected chi connectivity index (χ1v) is 12.8. The van der Waals surface area contributed by atoms with Crippen molar-refractivity contribution >= 4 is 11.4 Å². The van der Waals surface area contributed by atoms with Crippen LogP contribution in [0.2, 0.25) is 0 Å². The molecule has 2 rings (SSSR count). The van der Waals surface area contributed by atoms with E-state index in [1.54, 1.807) is 19.1 Å². The van der Waals surface area contributed by atoms with E-state index in [9.17, 15) is 4.39 Å². The molecule has 1 heterocycles. The summed E-state index contributed by atoms with van der Waals surface area (Å²) in [5, 5.41) is 7.88. The van der Waals surface area contributed by atoms with Gasteiger partial charge in [-0.2, -0.15) is 0 Å². The van der Waals surface area contributed by atoms with Crippen molar-refractivity contribution in [3.05, 3.63) is 41.5 Å². The summed E-state index contributed by atoms with van der Waals surface area (Å²) in [4.78, 5) is 8.38. The maximum absolute atomic E-state index is 13.9. The molecule has 1 aliphatic heterocycles. The van der Waals surface area contributed by atoms with Gasteiger partial charge in [0.1, 0.15) is 5.82 Å². The molecular weight excluding hydrogens is 667 g/mol. The molecule has 1 atom stereocenters. The standard InChI is InChI=1S/C13H13FN3O.C10H22.C3H8O.C2H6.U/c1-8-13(16-6-5-12(15)17-8)10-4-3-9(18-2)7-11(10)14;1-4-6-7-8-9-10(3)5-2;1-2-3-4;1-2;/h3,5,7H,6,15H2,1-2H3;10H,4-9H2,1-3H3;4H,2-3H2,1H3;1-2H3;/q-1;;;;. The number of methoxy groups -OCH3 is 1. The Bertz CT molecular complexity index is 735. The largest absolute Gasteiger partial charge is 0.540 e. The van der Waals surface area contributed by atoms with Gasteiger partial charge in [0.15, 0.2) is 0 Å². The first-order chi connectivity index (χ1) is 16.3. The molecule has 7 heteroatoms. The second-order valence-corrected chi connectivity index (χ2v) is 7.86. The Morgan fingerprint density at radius 2 is 1.80 bits per heavy atom. The van der Waals surface area contributed by atoms with E-state index in [2.05, 4.69) is 36.8 Å². The first-order valence-electron chi connectivity index (χ1n) is 12.8. The molecule has 1 aliphatic rings. The van der Waals surface area contributed by atoms with Gasteiger partial charge < -0.3 is 20.6 Å². The Morgan fingerprint density at radius 3 is 2.29 bits per heavy atom. The number of aliphatic hydroxyl groups excluding tert-OH is 1. The van der Waals surface area contributed by atoms with Gasteiger partial charge in [0.2, 0.25) is 0 Å². The van der Waals surface area contributed by atoms with Crippen LogP contribution in [0.15, 0.2) is 34.0 Å². The molecule has 0 bridgehead atoms. The van der Waals surface area contributed by atoms with Gasteiger partial charge in [-0.05, 0) is 25.3 Å². The second-order valence-electron chi connectivity index (χ2n) is 7.86. The van der Waals surface area contributed by atoms with E-state index in [0.717, 1.165) is 12.3 Å². The second kappa shape index (κ2) is 25.9. The van der Waals surface area contributed by atoms with Crippen molar-refractivity contribution in [3.8, 4) is 5.75 Å². The summed E-state index contributed by atoms with van der Waals surface area (Å²) in [5.41, 5.74) is 6.94. The molecule has 200 valence electrons. The van der Waals surface area contributed by atoms with Crippen LogP contribution in [0.4, 0.5) is 4.39 Å². The summed E-state index contributed by atoms with van der Waals surface area (Å²) in [6, 6.07) is 5.68. The van der Waals surface area contributed by atoms with E-state index in [1.807, 2.05) is 20.8 Å². The molecule has 0 saturated carbocycles. The molecule has 0 aromatic heterocycles. The van der Waals surface area contributed by atoms with Crippen LogP contribution < -0.4 is 10.5 Å². The van der Waals surface area contributed by atoms with Gasteiger partial charge in [-0.3, -0.25) is 4.39 Å². The molecule has 1 aromatic rings. The monoisotopic (exact) mass is 716 g/mol. The number of nitrogens with zero attached hydrogens (tertiary/aromatic N) is 2. The van der Waals surface area contributed by atoms with E-state index >= 15 is 0 Å². The fourth-order valence-corrected chi connectivity index (χ4v) is 2.77. The smallest absolute Gasteiger partial charge is 0.120 e. The molecule has 0 fully saturated rings. The van der Waals surface area contributed by atoms with Crippen molar-refractivity contribution in [2.45, 2.75) is 93.4 Å². The number of halogens is 1. The molecule has 0 radical (unpaired) electrons. The van der Waals surface area contributed by atoms with Crippen molar-refractivity contribution < 1.29 is 45.3 Å². The van der Waals surface area contributed by atoms with Gasteiger partial charge >= 0.3 is 0 Å². The average molecular weight is 717 g/mol. The van der Waals surface area contributed by atoms with Gasteiger partial charge in [0.25, 0.3) is 0 Å². The van der Waals surface area contributed by atoms with Crippen LogP contribution >= 0.6 is 0 Å². The quantitative estimate of drug-likeness (QED) is 0.211. The van der Waals surface area contributed by atoms with Crippen molar-refractivity contribution in [2.75, 3.05) is 20.3 Å². The average Bonchev–Trinajstić information content (AvgIpc) is 3.02. The van der Waals surface area contributed by atoms with Crippen LogP contribution in [-0.2, 0) is 0 Å². The third kappa shape index (κ3) is 18.7. The summed E-state index contributed by atoms with van der Waals surface area (Å²) in [6.45, 7) is 15.3. The number of rotatable bonds is 9. The zero-order valence-corrected chi connectivity index (χ0v) is 27.5. The zero-order valence-electron chi connectivity index (χ0n) is 23.4. The Balaban J connectivity index is -0.000000514. The Kier molecular flexibility index (Phi) is 28.4. The number of aliphatic hydroxyl groups is 1. The third-order valence-corrected chi connectivity index (χ3v) is 5.00. The number of ether oxygens (including phenoxy) is 1. The molecule has 0 spiro atoms. The third-order valence-electron chi connectivity index (χ3n) is 5.00. The molecule has 0 saturated heterocycles. The molecule has 1 aromatic carbocycles. The summed E-state index contributed by atoms with van der Waals surface area (Å²) >= 11 is 0. The van der Waals surface area contributed by atoms with E-state index in [-0.39, 0.29) is 36.7 Å². The van der Waals surface area contributed by atoms with Crippen molar-refractivity contribution in [2.24, 2.45) is 21.6 Å². The Morgan fingerprint density at radius 1 is 1.17 bits per heavy atom. The number of nitrogens with two attached hydrogens (primary N) is 1. The van der Waals surface area contributed by atoms with Gasteiger partial charge in [0, 0.05) is 60.7 Å². The number of unbranched alkanes of at least 4 members (excludes halogenated alkanes) is 3. The van der Waals surface area contributed by atoms with Crippen molar-refractivity contribution in [1.29, 1.82) is 0 Å². The topological polar surface area (TPSA) is 80.2 Å². The Hall–Kier alpha value is -1.16. The molecule has 3 N–H and O–H groups in total. The fourth-order valence-electron chi connectivity index (χ4n) is 2.77. The molecule has 0 amide bonds. The fraction of sp³-hybridized carbons (Fsp3) is 0.643. The van der Waals surface area contributed by atoms with E-state index < -0.39 is 5.82 Å². The molecule has 0 aliphatic carbocycles. The van der Waals surface area contributed by atoms with Crippen LogP contribution in [0.5, 0.6) is 5.75 Å². The van der Waals surface area contributed by atoms with Crippen LogP contribution in [0, 0.1) is 48.9 Å². The number of hydrogen-bond donors (Lipinski definition) is 2. The van der Waals surface area contributed by atoms with Crippen molar-refractivity contribution in [1.82, 2.24) is 0 Å². The van der Waals surface area contributed by atoms with Crippen LogP contribution in [0.25, 0.3) is 0 Å². The summed E-state index contributed by atoms with van der Waals surface area (Å²) in [7, 11) is 1.47. The van der Waals surface area contributed by atoms with E-state index in [4.69, 9.17) is 15.6 Å². The van der Waals surface area contributed by atoms with Gasteiger partial charge in [-0.1, -0.05) is 91.7 Å². The number of hydrogen-bond acceptors (Lipinski definition) is 5. The molecule has 1 unspecified atom stereocenters. The summed E-state index contributed by atoms with van der Waals surface area (Å²) in [5.74, 6) is 1.32. The number of aliphatic imine (C=N–C) groups is 2. The molecule has 5 nitrogen and oxygen atoms in total. The van der Waals surface area contributed by atoms with Crippen LogP contribution in [0.3, 0.4) is 0 Å². The van der Waals surface area contributed by atoms with E-state index in [1.165, 1.54) is 51.7 Å². The SMILES string of the molecule is CC.CCCCCCC(C)CC.CCCO.COc1c[c-]c(C2=NCC=C(N)N=C2C)c(F)c1.[U].